The van der Waals surface area contributed by atoms with Gasteiger partial charge in [0.1, 0.15) is 42.0 Å². The van der Waals surface area contributed by atoms with Gasteiger partial charge in [0.2, 0.25) is 5.60 Å². The molecule has 1 saturated heterocycles. The minimum Gasteiger partial charge on any atom is -0.462 e. The van der Waals surface area contributed by atoms with Gasteiger partial charge in [0.05, 0.1) is 18.9 Å². The Labute approximate surface area is 233 Å². The Bertz CT molecular complexity index is 1560. The van der Waals surface area contributed by atoms with Gasteiger partial charge in [-0.2, -0.15) is 15.4 Å². The van der Waals surface area contributed by atoms with Gasteiger partial charge in [-0.25, -0.2) is 4.57 Å². The molecule has 2 unspecified atom stereocenters. The number of aliphatic hydroxyl groups is 2. The Morgan fingerprint density at radius 3 is 2.68 bits per heavy atom. The Morgan fingerprint density at radius 1 is 1.32 bits per heavy atom. The van der Waals surface area contributed by atoms with Gasteiger partial charge in [-0.05, 0) is 39.0 Å². The number of H-pyrrole nitrogens is 1. The highest BCUT2D eigenvalue weighted by Gasteiger charge is 2.57. The lowest BCUT2D eigenvalue weighted by molar-refractivity contribution is -0.149. The number of nitrogen functional groups attached to an aromatic ring is 1. The predicted octanol–water partition coefficient (Wildman–Crippen LogP) is 0.873. The summed E-state index contributed by atoms with van der Waals surface area (Å²) in [5, 5.41) is 42.1. The monoisotopic (exact) mass is 588 g/mol. The first-order valence-corrected chi connectivity index (χ1v) is 14.0. The molecule has 6 atom stereocenters. The number of anilines is 1. The molecule has 218 valence electrons. The maximum Gasteiger partial charge on any atom is 0.459 e. The van der Waals surface area contributed by atoms with Crippen molar-refractivity contribution in [3.05, 3.63) is 58.5 Å². The summed E-state index contributed by atoms with van der Waals surface area (Å²) in [5.41, 5.74) is 2.58. The third-order valence-corrected chi connectivity index (χ3v) is 7.77. The number of carbonyl (C=O) groups excluding carboxylic acids is 1. The van der Waals surface area contributed by atoms with E-state index >= 15 is 0 Å². The molecule has 0 saturated carbocycles. The lowest BCUT2D eigenvalue weighted by Crippen LogP contribution is -2.40. The van der Waals surface area contributed by atoms with Crippen LogP contribution in [-0.2, 0) is 29.0 Å². The number of aliphatic hydroxyl groups excluding tert-OH is 2. The van der Waals surface area contributed by atoms with Gasteiger partial charge in [0, 0.05) is 10.9 Å². The van der Waals surface area contributed by atoms with Crippen LogP contribution in [0.15, 0.2) is 47.4 Å². The molecule has 1 aliphatic rings. The summed E-state index contributed by atoms with van der Waals surface area (Å²) >= 11 is 0. The molecule has 3 aromatic rings. The number of nitrogens with one attached hydrogen (secondary N) is 2. The first-order valence-electron chi connectivity index (χ1n) is 12.5. The maximum atomic E-state index is 13.8. The van der Waals surface area contributed by atoms with Gasteiger partial charge in [0.15, 0.2) is 5.52 Å². The van der Waals surface area contributed by atoms with Crippen molar-refractivity contribution in [2.24, 2.45) is 0 Å². The van der Waals surface area contributed by atoms with Gasteiger partial charge < -0.3 is 34.9 Å². The fraction of sp³-hybridized carbons (Fsp3) is 0.400. The van der Waals surface area contributed by atoms with E-state index in [1.165, 1.54) is 25.1 Å². The van der Waals surface area contributed by atoms with Crippen LogP contribution >= 0.6 is 7.75 Å². The van der Waals surface area contributed by atoms with Crippen molar-refractivity contribution in [1.82, 2.24) is 20.3 Å². The molecule has 3 heterocycles. The molecule has 16 heteroatoms. The highest BCUT2D eigenvalue weighted by molar-refractivity contribution is 7.52. The van der Waals surface area contributed by atoms with Gasteiger partial charge in [-0.15, -0.1) is 5.10 Å². The number of nitriles is 1. The zero-order valence-corrected chi connectivity index (χ0v) is 23.1. The zero-order chi connectivity index (χ0) is 29.9. The van der Waals surface area contributed by atoms with E-state index in [4.69, 9.17) is 24.3 Å². The second kappa shape index (κ2) is 11.9. The molecule has 1 aliphatic heterocycles. The maximum absolute atomic E-state index is 13.8. The number of hydrogen-bond donors (Lipinski definition) is 5. The van der Waals surface area contributed by atoms with E-state index in [1.54, 1.807) is 32.0 Å². The third-order valence-electron chi connectivity index (χ3n) is 6.12. The van der Waals surface area contributed by atoms with Gasteiger partial charge in [-0.3, -0.25) is 14.1 Å². The van der Waals surface area contributed by atoms with Gasteiger partial charge >= 0.3 is 13.7 Å². The minimum atomic E-state index is -4.36. The number of esters is 1. The zero-order valence-electron chi connectivity index (χ0n) is 22.3. The molecule has 0 radical (unpaired) electrons. The highest BCUT2D eigenvalue weighted by atomic mass is 31.2. The second-order valence-corrected chi connectivity index (χ2v) is 11.2. The molecule has 6 N–H and O–H groups in total. The number of carbonyl (C=O) groups is 1. The first-order chi connectivity index (χ1) is 19.4. The molecule has 0 bridgehead atoms. The summed E-state index contributed by atoms with van der Waals surface area (Å²) in [6, 6.07) is 10.0. The second-order valence-electron chi connectivity index (χ2n) is 9.55. The molecule has 2 aromatic heterocycles. The van der Waals surface area contributed by atoms with Crippen LogP contribution in [0.1, 0.15) is 26.3 Å². The number of para-hydroxylation sites is 1. The van der Waals surface area contributed by atoms with Crippen LogP contribution in [0.3, 0.4) is 0 Å². The summed E-state index contributed by atoms with van der Waals surface area (Å²) in [4.78, 5) is 27.1. The van der Waals surface area contributed by atoms with E-state index in [2.05, 4.69) is 20.3 Å². The van der Waals surface area contributed by atoms with Crippen LogP contribution < -0.4 is 20.9 Å². The normalized spacial score (nSPS) is 24.5. The van der Waals surface area contributed by atoms with Gasteiger partial charge in [-0.1, -0.05) is 18.2 Å². The van der Waals surface area contributed by atoms with E-state index < -0.39 is 61.9 Å². The molecular formula is C25H29N6O9P. The van der Waals surface area contributed by atoms with E-state index in [9.17, 15) is 29.6 Å². The van der Waals surface area contributed by atoms with Crippen molar-refractivity contribution in [1.29, 1.82) is 5.26 Å². The fourth-order valence-corrected chi connectivity index (χ4v) is 5.73. The number of nitrogens with zero attached hydrogens (tertiary/aromatic N) is 3. The smallest absolute Gasteiger partial charge is 0.459 e. The molecule has 1 aromatic carbocycles. The number of benzene rings is 1. The molecule has 0 aliphatic carbocycles. The summed E-state index contributed by atoms with van der Waals surface area (Å²) in [5.74, 6) is -0.625. The van der Waals surface area contributed by atoms with Crippen LogP contribution in [0.4, 0.5) is 5.82 Å². The summed E-state index contributed by atoms with van der Waals surface area (Å²) < 4.78 is 35.9. The van der Waals surface area contributed by atoms with E-state index in [0.717, 1.165) is 6.20 Å². The first kappa shape index (κ1) is 30.1. The van der Waals surface area contributed by atoms with Crippen molar-refractivity contribution in [3.8, 4) is 11.8 Å². The lowest BCUT2D eigenvalue weighted by Gasteiger charge is -2.26. The van der Waals surface area contributed by atoms with Crippen molar-refractivity contribution >= 4 is 30.4 Å². The molecule has 15 nitrogen and oxygen atoms in total. The molecule has 1 fully saturated rings. The average Bonchev–Trinajstić information content (AvgIpc) is 3.17. The van der Waals surface area contributed by atoms with E-state index in [0.29, 0.717) is 0 Å². The van der Waals surface area contributed by atoms with E-state index in [-0.39, 0.29) is 28.0 Å². The number of nitrogens with two attached hydrogens (primary N) is 1. The average molecular weight is 589 g/mol. The van der Waals surface area contributed by atoms with Crippen LogP contribution in [0.2, 0.25) is 0 Å². The Balaban J connectivity index is 1.62. The number of hydrogen-bond acceptors (Lipinski definition) is 13. The van der Waals surface area contributed by atoms with Crippen LogP contribution in [0.5, 0.6) is 5.75 Å². The summed E-state index contributed by atoms with van der Waals surface area (Å²) in [6.45, 7) is 4.04. The predicted molar refractivity (Wildman–Crippen MR) is 143 cm³/mol. The molecule has 41 heavy (non-hydrogen) atoms. The Kier molecular flexibility index (Phi) is 8.74. The highest BCUT2D eigenvalue weighted by Crippen LogP contribution is 2.47. The minimum absolute atomic E-state index is 0.0482. The Hall–Kier alpha value is -3.90. The largest absolute Gasteiger partial charge is 0.462 e. The number of rotatable bonds is 10. The van der Waals surface area contributed by atoms with Crippen molar-refractivity contribution in [3.63, 3.8) is 0 Å². The molecular weight excluding hydrogens is 559 g/mol. The molecule has 4 rings (SSSR count). The number of fused-ring (bicyclic) bond motifs is 1. The fourth-order valence-electron chi connectivity index (χ4n) is 4.22. The number of pyridine rings is 1. The summed E-state index contributed by atoms with van der Waals surface area (Å²) in [7, 11) is -4.36. The van der Waals surface area contributed by atoms with Crippen molar-refractivity contribution in [2.75, 3.05) is 12.3 Å². The van der Waals surface area contributed by atoms with Crippen LogP contribution in [-0.4, -0.2) is 68.4 Å². The third kappa shape index (κ3) is 6.23. The van der Waals surface area contributed by atoms with Crippen LogP contribution in [0, 0.1) is 11.3 Å². The SMILES string of the molecule is CC(C)OC(=O)C(C)NP(=O)(OC[C@H]1O[C@@](C#N)(c2cnnc3c(=O)[nH]c(N)cc23)[C@H](O)[C@@H]1O)Oc1ccccc1. The number of aromatic nitrogens is 3. The lowest BCUT2D eigenvalue weighted by atomic mass is 9.87. The number of aromatic amines is 1. The number of ether oxygens (including phenoxy) is 2. The van der Waals surface area contributed by atoms with Gasteiger partial charge in [0.25, 0.3) is 5.56 Å². The quantitative estimate of drug-likeness (QED) is 0.163. The van der Waals surface area contributed by atoms with Crippen molar-refractivity contribution < 1.29 is 38.1 Å². The summed E-state index contributed by atoms with van der Waals surface area (Å²) in [6.07, 6.45) is -4.35. The molecule has 0 amide bonds. The van der Waals surface area contributed by atoms with E-state index in [1.807, 2.05) is 6.07 Å². The standard InChI is InChI=1S/C25H29N6O9P/c1-13(2)38-24(35)14(3)31-41(36,40-15-7-5-4-6-8-15)37-11-18-21(32)22(33)25(12-26,39-18)17-10-28-30-20-16(17)9-19(27)29-23(20)34/h4-10,13-14,18,21-22,32-33H,11H2,1-3H3,(H,31,36)(H3,27,29,34)/t14?,18-,21-,22-,25+,41?/m1/s1. The molecule has 0 spiro atoms. The van der Waals surface area contributed by atoms with Crippen LogP contribution in [0.25, 0.3) is 10.9 Å². The van der Waals surface area contributed by atoms with Crippen molar-refractivity contribution in [2.45, 2.75) is 56.8 Å². The topological polar surface area (TPSA) is 232 Å². The Morgan fingerprint density at radius 2 is 2.02 bits per heavy atom.